The third-order valence-corrected chi connectivity index (χ3v) is 2.59. The Kier molecular flexibility index (Phi) is 5.73. The van der Waals surface area contributed by atoms with Gasteiger partial charge in [-0.3, -0.25) is 4.79 Å². The predicted octanol–water partition coefficient (Wildman–Crippen LogP) is -0.439. The van der Waals surface area contributed by atoms with Gasteiger partial charge in [-0.15, -0.1) is 0 Å². The fourth-order valence-corrected chi connectivity index (χ4v) is 1.58. The van der Waals surface area contributed by atoms with E-state index >= 15 is 0 Å². The molecule has 1 atom stereocenters. The summed E-state index contributed by atoms with van der Waals surface area (Å²) in [5.74, 6) is 0.148. The van der Waals surface area contributed by atoms with Crippen LogP contribution in [0.1, 0.15) is 19.3 Å². The van der Waals surface area contributed by atoms with Crippen LogP contribution >= 0.6 is 0 Å². The number of nitrogens with zero attached hydrogens (tertiary/aromatic N) is 1. The van der Waals surface area contributed by atoms with Crippen LogP contribution in [-0.4, -0.2) is 56.7 Å². The number of carbonyl (C=O) groups excluding carboxylic acids is 1. The molecule has 1 fully saturated rings. The largest absolute Gasteiger partial charge is 0.383 e. The van der Waals surface area contributed by atoms with E-state index in [9.17, 15) is 4.79 Å². The van der Waals surface area contributed by atoms with E-state index < -0.39 is 0 Å². The van der Waals surface area contributed by atoms with E-state index in [1.54, 1.807) is 7.11 Å². The molecule has 94 valence electrons. The summed E-state index contributed by atoms with van der Waals surface area (Å²) in [5.41, 5.74) is 5.82. The van der Waals surface area contributed by atoms with Crippen molar-refractivity contribution in [1.29, 1.82) is 0 Å². The zero-order chi connectivity index (χ0) is 12.0. The van der Waals surface area contributed by atoms with Crippen molar-refractivity contribution in [2.24, 2.45) is 5.73 Å². The highest BCUT2D eigenvalue weighted by Gasteiger charge is 2.23. The Morgan fingerprint density at radius 2 is 2.31 bits per heavy atom. The van der Waals surface area contributed by atoms with Crippen molar-refractivity contribution in [2.75, 3.05) is 33.9 Å². The highest BCUT2D eigenvalue weighted by atomic mass is 16.5. The van der Waals surface area contributed by atoms with E-state index in [1.807, 2.05) is 7.05 Å². The summed E-state index contributed by atoms with van der Waals surface area (Å²) in [6, 6.07) is 0.468. The van der Waals surface area contributed by atoms with E-state index in [0.717, 1.165) is 25.9 Å². The molecule has 1 aliphatic rings. The van der Waals surface area contributed by atoms with Gasteiger partial charge in [0.2, 0.25) is 5.91 Å². The Labute approximate surface area is 97.3 Å². The molecule has 0 bridgehead atoms. The van der Waals surface area contributed by atoms with E-state index in [1.165, 1.54) is 0 Å². The molecule has 3 N–H and O–H groups in total. The Bertz CT molecular complexity index is 219. The third kappa shape index (κ3) is 6.05. The van der Waals surface area contributed by atoms with Gasteiger partial charge in [-0.2, -0.15) is 0 Å². The average molecular weight is 229 g/mol. The van der Waals surface area contributed by atoms with Crippen LogP contribution in [-0.2, 0) is 9.53 Å². The van der Waals surface area contributed by atoms with Gasteiger partial charge < -0.3 is 20.7 Å². The monoisotopic (exact) mass is 229 g/mol. The van der Waals surface area contributed by atoms with Crippen LogP contribution in [0.25, 0.3) is 0 Å². The first kappa shape index (κ1) is 13.4. The second-order valence-corrected chi connectivity index (χ2v) is 4.57. The maximum Gasteiger partial charge on any atom is 0.221 e. The zero-order valence-corrected chi connectivity index (χ0v) is 10.2. The summed E-state index contributed by atoms with van der Waals surface area (Å²) in [6.07, 6.45) is 2.83. The zero-order valence-electron chi connectivity index (χ0n) is 10.2. The number of methoxy groups -OCH3 is 1. The minimum atomic E-state index is 0.0153. The summed E-state index contributed by atoms with van der Waals surface area (Å²) < 4.78 is 4.96. The Morgan fingerprint density at radius 1 is 1.62 bits per heavy atom. The molecule has 1 unspecified atom stereocenters. The molecule has 1 saturated carbocycles. The Hall–Kier alpha value is -0.650. The minimum Gasteiger partial charge on any atom is -0.383 e. The van der Waals surface area contributed by atoms with Gasteiger partial charge in [0.15, 0.2) is 0 Å². The molecule has 5 nitrogen and oxygen atoms in total. The van der Waals surface area contributed by atoms with Crippen molar-refractivity contribution in [3.8, 4) is 0 Å². The Morgan fingerprint density at radius 3 is 2.88 bits per heavy atom. The lowest BCUT2D eigenvalue weighted by Gasteiger charge is -2.20. The SMILES string of the molecule is COCC(N)CN(C)CCC(=O)NC1CC1. The van der Waals surface area contributed by atoms with Gasteiger partial charge in [0, 0.05) is 38.7 Å². The molecule has 1 aliphatic carbocycles. The van der Waals surface area contributed by atoms with Crippen molar-refractivity contribution in [1.82, 2.24) is 10.2 Å². The van der Waals surface area contributed by atoms with Gasteiger partial charge in [0.25, 0.3) is 0 Å². The molecule has 1 rings (SSSR count). The molecular formula is C11H23N3O2. The molecule has 5 heteroatoms. The first-order valence-corrected chi connectivity index (χ1v) is 5.84. The van der Waals surface area contributed by atoms with Crippen molar-refractivity contribution >= 4 is 5.91 Å². The van der Waals surface area contributed by atoms with E-state index in [-0.39, 0.29) is 11.9 Å². The van der Waals surface area contributed by atoms with Gasteiger partial charge in [-0.1, -0.05) is 0 Å². The summed E-state index contributed by atoms with van der Waals surface area (Å²) in [7, 11) is 3.61. The number of amides is 1. The first-order chi connectivity index (χ1) is 7.61. The minimum absolute atomic E-state index is 0.0153. The maximum absolute atomic E-state index is 11.4. The average Bonchev–Trinajstić information content (AvgIpc) is 2.99. The fraction of sp³-hybridized carbons (Fsp3) is 0.909. The van der Waals surface area contributed by atoms with Crippen LogP contribution in [0.2, 0.25) is 0 Å². The molecule has 0 saturated heterocycles. The maximum atomic E-state index is 11.4. The van der Waals surface area contributed by atoms with Crippen LogP contribution < -0.4 is 11.1 Å². The summed E-state index contributed by atoms with van der Waals surface area (Å²) in [5, 5.41) is 2.97. The van der Waals surface area contributed by atoms with Gasteiger partial charge in [-0.05, 0) is 19.9 Å². The standard InChI is InChI=1S/C11H23N3O2/c1-14(7-9(12)8-16-2)6-5-11(15)13-10-3-4-10/h9-10H,3-8,12H2,1-2H3,(H,13,15). The van der Waals surface area contributed by atoms with Crippen molar-refractivity contribution in [2.45, 2.75) is 31.3 Å². The topological polar surface area (TPSA) is 67.6 Å². The van der Waals surface area contributed by atoms with Crippen molar-refractivity contribution < 1.29 is 9.53 Å². The fourth-order valence-electron chi connectivity index (χ4n) is 1.58. The number of hydrogen-bond donors (Lipinski definition) is 2. The van der Waals surface area contributed by atoms with Crippen molar-refractivity contribution in [3.63, 3.8) is 0 Å². The highest BCUT2D eigenvalue weighted by molar-refractivity contribution is 5.76. The molecule has 0 radical (unpaired) electrons. The number of hydrogen-bond acceptors (Lipinski definition) is 4. The van der Waals surface area contributed by atoms with Crippen LogP contribution in [0.5, 0.6) is 0 Å². The smallest absolute Gasteiger partial charge is 0.221 e. The summed E-state index contributed by atoms with van der Waals surface area (Å²) >= 11 is 0. The van der Waals surface area contributed by atoms with E-state index in [4.69, 9.17) is 10.5 Å². The van der Waals surface area contributed by atoms with Crippen molar-refractivity contribution in [3.05, 3.63) is 0 Å². The lowest BCUT2D eigenvalue weighted by Crippen LogP contribution is -2.40. The van der Waals surface area contributed by atoms with E-state index in [2.05, 4.69) is 10.2 Å². The predicted molar refractivity (Wildman–Crippen MR) is 63.1 cm³/mol. The molecule has 0 aromatic rings. The number of carbonyl (C=O) groups is 1. The van der Waals surface area contributed by atoms with Gasteiger partial charge >= 0.3 is 0 Å². The second-order valence-electron chi connectivity index (χ2n) is 4.57. The third-order valence-electron chi connectivity index (χ3n) is 2.59. The van der Waals surface area contributed by atoms with Gasteiger partial charge in [-0.25, -0.2) is 0 Å². The Balaban J connectivity index is 2.03. The lowest BCUT2D eigenvalue weighted by molar-refractivity contribution is -0.121. The molecule has 16 heavy (non-hydrogen) atoms. The molecule has 0 heterocycles. The highest BCUT2D eigenvalue weighted by Crippen LogP contribution is 2.18. The van der Waals surface area contributed by atoms with Gasteiger partial charge in [0.1, 0.15) is 0 Å². The number of nitrogens with two attached hydrogens (primary N) is 1. The molecule has 1 amide bonds. The molecule has 0 aromatic heterocycles. The number of rotatable bonds is 8. The quantitative estimate of drug-likeness (QED) is 0.592. The van der Waals surface area contributed by atoms with Gasteiger partial charge in [0.05, 0.1) is 6.61 Å². The summed E-state index contributed by atoms with van der Waals surface area (Å²) in [6.45, 7) is 2.05. The molecule has 0 aliphatic heterocycles. The molecule has 0 spiro atoms. The normalized spacial score (nSPS) is 17.5. The second kappa shape index (κ2) is 6.83. The van der Waals surface area contributed by atoms with Crippen LogP contribution in [0.3, 0.4) is 0 Å². The van der Waals surface area contributed by atoms with Crippen LogP contribution in [0.4, 0.5) is 0 Å². The van der Waals surface area contributed by atoms with E-state index in [0.29, 0.717) is 19.1 Å². The molecular weight excluding hydrogens is 206 g/mol. The first-order valence-electron chi connectivity index (χ1n) is 5.84. The number of nitrogens with one attached hydrogen (secondary N) is 1. The lowest BCUT2D eigenvalue weighted by atomic mass is 10.3. The molecule has 0 aromatic carbocycles. The summed E-state index contributed by atoms with van der Waals surface area (Å²) in [4.78, 5) is 13.5. The van der Waals surface area contributed by atoms with Crippen LogP contribution in [0, 0.1) is 0 Å². The number of likely N-dealkylation sites (N-methyl/N-ethyl adjacent to an activating group) is 1. The van der Waals surface area contributed by atoms with Crippen LogP contribution in [0.15, 0.2) is 0 Å². The number of ether oxygens (including phenoxy) is 1.